The number of halogens is 5. The first-order chi connectivity index (χ1) is 17.0. The second kappa shape index (κ2) is 9.07. The van der Waals surface area contributed by atoms with Crippen LogP contribution in [0.25, 0.3) is 11.1 Å². The van der Waals surface area contributed by atoms with E-state index in [0.29, 0.717) is 25.9 Å². The molecule has 36 heavy (non-hydrogen) atoms. The van der Waals surface area contributed by atoms with Gasteiger partial charge in [0.05, 0.1) is 12.6 Å². The second-order valence-corrected chi connectivity index (χ2v) is 11.3. The molecule has 2 aliphatic heterocycles. The Morgan fingerprint density at radius 1 is 1.11 bits per heavy atom. The van der Waals surface area contributed by atoms with Gasteiger partial charge in [0.15, 0.2) is 11.6 Å². The molecule has 6 nitrogen and oxygen atoms in total. The van der Waals surface area contributed by atoms with Gasteiger partial charge in [0.25, 0.3) is 5.91 Å². The first-order valence-corrected chi connectivity index (χ1v) is 13.1. The highest BCUT2D eigenvalue weighted by Gasteiger charge is 2.62. The molecule has 2 saturated heterocycles. The van der Waals surface area contributed by atoms with Crippen molar-refractivity contribution in [2.75, 3.05) is 19.2 Å². The number of ether oxygens (including phenoxy) is 1. The molecule has 0 aromatic heterocycles. The molecule has 194 valence electrons. The number of amides is 1. The van der Waals surface area contributed by atoms with Crippen molar-refractivity contribution in [3.8, 4) is 11.1 Å². The van der Waals surface area contributed by atoms with E-state index in [1.807, 2.05) is 0 Å². The molecule has 2 heterocycles. The minimum absolute atomic E-state index is 0.151. The van der Waals surface area contributed by atoms with Crippen molar-refractivity contribution >= 4 is 15.9 Å². The summed E-state index contributed by atoms with van der Waals surface area (Å²) in [5.41, 5.74) is -1.91. The van der Waals surface area contributed by atoms with Crippen LogP contribution in [0.1, 0.15) is 24.8 Å². The molecular formula is C24H23F5N2O4S. The van der Waals surface area contributed by atoms with Crippen LogP contribution in [0.2, 0.25) is 0 Å². The molecule has 1 spiro atoms. The lowest BCUT2D eigenvalue weighted by molar-refractivity contribution is -0.157. The van der Waals surface area contributed by atoms with Gasteiger partial charge in [-0.25, -0.2) is 35.1 Å². The van der Waals surface area contributed by atoms with Crippen molar-refractivity contribution in [1.82, 2.24) is 9.62 Å². The Hall–Kier alpha value is -2.57. The minimum atomic E-state index is -4.34. The molecule has 3 atom stereocenters. The monoisotopic (exact) mass is 530 g/mol. The number of carbonyl (C=O) groups excluding carboxylic acids is 1. The van der Waals surface area contributed by atoms with Crippen molar-refractivity contribution in [3.63, 3.8) is 0 Å². The zero-order valence-corrected chi connectivity index (χ0v) is 19.8. The average molecular weight is 531 g/mol. The van der Waals surface area contributed by atoms with Crippen molar-refractivity contribution in [3.05, 3.63) is 59.2 Å². The number of benzene rings is 2. The largest absolute Gasteiger partial charge is 0.368 e. The van der Waals surface area contributed by atoms with E-state index in [4.69, 9.17) is 4.74 Å². The van der Waals surface area contributed by atoms with E-state index in [9.17, 15) is 30.8 Å². The van der Waals surface area contributed by atoms with Crippen molar-refractivity contribution in [1.29, 1.82) is 0 Å². The lowest BCUT2D eigenvalue weighted by atomic mass is 9.91. The topological polar surface area (TPSA) is 75.7 Å². The number of hydrogen-bond acceptors (Lipinski definition) is 4. The summed E-state index contributed by atoms with van der Waals surface area (Å²) in [7, 11) is -4.34. The highest BCUT2D eigenvalue weighted by Crippen LogP contribution is 2.56. The summed E-state index contributed by atoms with van der Waals surface area (Å²) in [6, 6.07) is 1.12. The van der Waals surface area contributed by atoms with Crippen molar-refractivity contribution in [2.24, 2.45) is 5.41 Å². The number of carbonyl (C=O) groups is 1. The van der Waals surface area contributed by atoms with Crippen LogP contribution in [-0.4, -0.2) is 56.6 Å². The fourth-order valence-electron chi connectivity index (χ4n) is 5.21. The molecule has 5 rings (SSSR count). The third-order valence-electron chi connectivity index (χ3n) is 7.31. The predicted molar refractivity (Wildman–Crippen MR) is 119 cm³/mol. The molecule has 3 aliphatic rings. The molecule has 2 aromatic rings. The number of likely N-dealkylation sites (tertiary alicyclic amines) is 1. The number of hydrogen-bond donors (Lipinski definition) is 1. The summed E-state index contributed by atoms with van der Waals surface area (Å²) in [4.78, 5) is 14.5. The quantitative estimate of drug-likeness (QED) is 0.557. The Balaban J connectivity index is 1.55. The predicted octanol–water partition coefficient (Wildman–Crippen LogP) is 3.45. The van der Waals surface area contributed by atoms with Crippen molar-refractivity contribution in [2.45, 2.75) is 43.9 Å². The highest BCUT2D eigenvalue weighted by molar-refractivity contribution is 7.89. The minimum Gasteiger partial charge on any atom is -0.368 e. The highest BCUT2D eigenvalue weighted by atomic mass is 32.2. The van der Waals surface area contributed by atoms with Gasteiger partial charge in [0.1, 0.15) is 17.7 Å². The Bertz CT molecular complexity index is 1310. The maximum Gasteiger partial charge on any atom is 0.252 e. The van der Waals surface area contributed by atoms with E-state index in [2.05, 4.69) is 4.72 Å². The number of rotatable bonds is 7. The summed E-state index contributed by atoms with van der Waals surface area (Å²) in [6.45, 7) is 0.539. The van der Waals surface area contributed by atoms with E-state index < -0.39 is 79.9 Å². The number of alkyl halides is 1. The normalized spacial score (nSPS) is 24.7. The summed E-state index contributed by atoms with van der Waals surface area (Å²) in [5.74, 6) is -4.95. The number of nitrogens with zero attached hydrogens (tertiary/aromatic N) is 1. The summed E-state index contributed by atoms with van der Waals surface area (Å²) >= 11 is 0. The SMILES string of the molecule is O=C([C@H]1CCO1)N1CC2(CC2)[C@H](NS(=O)(=O)CF)[C@@H]1Cc1cc(F)cc(-c2cccc(F)c2F)c1F. The lowest BCUT2D eigenvalue weighted by Gasteiger charge is -2.34. The van der Waals surface area contributed by atoms with Gasteiger partial charge in [0.2, 0.25) is 16.0 Å². The fraction of sp³-hybridized carbons (Fsp3) is 0.458. The van der Waals surface area contributed by atoms with Crippen LogP contribution in [0.15, 0.2) is 30.3 Å². The van der Waals surface area contributed by atoms with Gasteiger partial charge in [-0.15, -0.1) is 0 Å². The molecule has 0 radical (unpaired) electrons. The number of sulfonamides is 1. The van der Waals surface area contributed by atoms with E-state index >= 15 is 4.39 Å². The standard InChI is InChI=1S/C24H23F5N2O4S/c25-12-36(33,34)30-22-18(31(11-24(22)5-6-24)23(32)19-4-7-35-19)9-13-8-14(26)10-16(20(13)28)15-2-1-3-17(27)21(15)29/h1-3,8,10,18-19,22,30H,4-7,9,11-12H2/t18-,19+,22+/m0/s1. The van der Waals surface area contributed by atoms with Gasteiger partial charge in [-0.3, -0.25) is 4.79 Å². The van der Waals surface area contributed by atoms with Gasteiger partial charge in [-0.2, -0.15) is 0 Å². The van der Waals surface area contributed by atoms with Gasteiger partial charge in [0, 0.05) is 35.5 Å². The fourth-order valence-corrected chi connectivity index (χ4v) is 6.07. The van der Waals surface area contributed by atoms with Crippen molar-refractivity contribution < 1.29 is 39.9 Å². The zero-order chi connectivity index (χ0) is 25.8. The first-order valence-electron chi connectivity index (χ1n) is 11.5. The zero-order valence-electron chi connectivity index (χ0n) is 18.9. The van der Waals surface area contributed by atoms with Crippen LogP contribution in [0.4, 0.5) is 22.0 Å². The van der Waals surface area contributed by atoms with Crippen LogP contribution >= 0.6 is 0 Å². The molecule has 0 unspecified atom stereocenters. The Kier molecular flexibility index (Phi) is 6.32. The third-order valence-corrected chi connectivity index (χ3v) is 8.21. The summed E-state index contributed by atoms with van der Waals surface area (Å²) < 4.78 is 103. The molecule has 0 bridgehead atoms. The van der Waals surface area contributed by atoms with Crippen LogP contribution in [0.3, 0.4) is 0 Å². The Morgan fingerprint density at radius 2 is 1.83 bits per heavy atom. The van der Waals surface area contributed by atoms with Gasteiger partial charge < -0.3 is 9.64 Å². The van der Waals surface area contributed by atoms with Crippen LogP contribution < -0.4 is 4.72 Å². The van der Waals surface area contributed by atoms with E-state index in [-0.39, 0.29) is 18.5 Å². The van der Waals surface area contributed by atoms with E-state index in [0.717, 1.165) is 30.3 Å². The van der Waals surface area contributed by atoms with Crippen LogP contribution in [-0.2, 0) is 26.0 Å². The average Bonchev–Trinajstić information content (AvgIpc) is 3.52. The van der Waals surface area contributed by atoms with Gasteiger partial charge >= 0.3 is 0 Å². The Labute approximate surface area is 204 Å². The van der Waals surface area contributed by atoms with Crippen LogP contribution in [0.5, 0.6) is 0 Å². The Morgan fingerprint density at radius 3 is 2.44 bits per heavy atom. The summed E-state index contributed by atoms with van der Waals surface area (Å²) in [6.07, 6.45) is 0.516. The molecule has 1 aliphatic carbocycles. The molecule has 1 amide bonds. The maximum absolute atomic E-state index is 15.6. The molecular weight excluding hydrogens is 507 g/mol. The van der Waals surface area contributed by atoms with E-state index in [1.54, 1.807) is 0 Å². The summed E-state index contributed by atoms with van der Waals surface area (Å²) in [5, 5.41) is 0. The molecule has 2 aromatic carbocycles. The first kappa shape index (κ1) is 25.1. The molecule has 1 saturated carbocycles. The molecule has 1 N–H and O–H groups in total. The van der Waals surface area contributed by atoms with Gasteiger partial charge in [-0.05, 0) is 43.0 Å². The van der Waals surface area contributed by atoms with Gasteiger partial charge in [-0.1, -0.05) is 12.1 Å². The smallest absolute Gasteiger partial charge is 0.252 e. The lowest BCUT2D eigenvalue weighted by Crippen LogP contribution is -2.53. The van der Waals surface area contributed by atoms with Crippen LogP contribution in [0, 0.1) is 28.7 Å². The maximum atomic E-state index is 15.6. The number of nitrogens with one attached hydrogen (secondary N) is 1. The third kappa shape index (κ3) is 4.39. The van der Waals surface area contributed by atoms with E-state index in [1.165, 1.54) is 4.90 Å². The molecule has 12 heteroatoms. The molecule has 3 fully saturated rings. The second-order valence-electron chi connectivity index (χ2n) is 9.60.